The maximum absolute atomic E-state index is 12.2. The van der Waals surface area contributed by atoms with Crippen LogP contribution in [0.5, 0.6) is 0 Å². The lowest BCUT2D eigenvalue weighted by Gasteiger charge is -2.17. The quantitative estimate of drug-likeness (QED) is 0.781. The Hall–Kier alpha value is -2.00. The molecule has 0 aliphatic rings. The summed E-state index contributed by atoms with van der Waals surface area (Å²) in [7, 11) is 0. The van der Waals surface area contributed by atoms with Crippen LogP contribution in [0.4, 0.5) is 16.2 Å². The molecule has 0 unspecified atom stereocenters. The number of rotatable bonds is 3. The summed E-state index contributed by atoms with van der Waals surface area (Å²) in [4.78, 5) is 12.2. The summed E-state index contributed by atoms with van der Waals surface area (Å²) in [6, 6.07) is 12.9. The number of nitrogens with one attached hydrogen (secondary N) is 2. The van der Waals surface area contributed by atoms with Crippen molar-refractivity contribution in [3.05, 3.63) is 58.6 Å². The Morgan fingerprint density at radius 2 is 1.76 bits per heavy atom. The Morgan fingerprint density at radius 1 is 1.05 bits per heavy atom. The maximum Gasteiger partial charge on any atom is 0.323 e. The summed E-state index contributed by atoms with van der Waals surface area (Å²) in [5.74, 6) is 0.334. The van der Waals surface area contributed by atoms with Crippen LogP contribution >= 0.6 is 11.6 Å². The standard InChI is InChI=1S/C17H19ClN2O/c1-11(2)13-8-6-7-12(3)16(13)20-17(21)19-15-10-5-4-9-14(15)18/h4-11H,1-3H3,(H2,19,20,21). The minimum absolute atomic E-state index is 0.292. The number of hydrogen-bond acceptors (Lipinski definition) is 1. The Labute approximate surface area is 130 Å². The third-order valence-corrected chi connectivity index (χ3v) is 3.62. The molecule has 2 amide bonds. The summed E-state index contributed by atoms with van der Waals surface area (Å²) >= 11 is 6.04. The molecule has 0 aliphatic carbocycles. The van der Waals surface area contributed by atoms with E-state index in [2.05, 4.69) is 24.5 Å². The van der Waals surface area contributed by atoms with E-state index in [1.54, 1.807) is 12.1 Å². The van der Waals surface area contributed by atoms with Crippen LogP contribution < -0.4 is 10.6 Å². The van der Waals surface area contributed by atoms with Crippen LogP contribution in [-0.2, 0) is 0 Å². The molecule has 0 atom stereocenters. The van der Waals surface area contributed by atoms with Crippen molar-refractivity contribution in [2.45, 2.75) is 26.7 Å². The van der Waals surface area contributed by atoms with Crippen molar-refractivity contribution < 1.29 is 4.79 Å². The Balaban J connectivity index is 2.19. The Morgan fingerprint density at radius 3 is 2.43 bits per heavy atom. The van der Waals surface area contributed by atoms with Gasteiger partial charge >= 0.3 is 6.03 Å². The molecule has 110 valence electrons. The Bertz CT molecular complexity index is 653. The molecule has 21 heavy (non-hydrogen) atoms. The van der Waals surface area contributed by atoms with E-state index in [9.17, 15) is 4.79 Å². The van der Waals surface area contributed by atoms with E-state index in [4.69, 9.17) is 11.6 Å². The van der Waals surface area contributed by atoms with Crippen LogP contribution in [0.1, 0.15) is 30.9 Å². The van der Waals surface area contributed by atoms with Gasteiger partial charge in [-0.05, 0) is 36.1 Å². The van der Waals surface area contributed by atoms with Gasteiger partial charge in [-0.15, -0.1) is 0 Å². The summed E-state index contributed by atoms with van der Waals surface area (Å²) in [5, 5.41) is 6.21. The van der Waals surface area contributed by atoms with E-state index >= 15 is 0 Å². The number of benzene rings is 2. The van der Waals surface area contributed by atoms with Crippen molar-refractivity contribution in [3.8, 4) is 0 Å². The van der Waals surface area contributed by atoms with Gasteiger partial charge in [-0.3, -0.25) is 0 Å². The zero-order valence-corrected chi connectivity index (χ0v) is 13.2. The highest BCUT2D eigenvalue weighted by atomic mass is 35.5. The number of urea groups is 1. The number of amides is 2. The highest BCUT2D eigenvalue weighted by Crippen LogP contribution is 2.28. The maximum atomic E-state index is 12.2. The molecule has 0 heterocycles. The first kappa shape index (κ1) is 15.4. The molecular weight excluding hydrogens is 284 g/mol. The van der Waals surface area contributed by atoms with Crippen molar-refractivity contribution in [1.29, 1.82) is 0 Å². The van der Waals surface area contributed by atoms with Crippen molar-refractivity contribution in [3.63, 3.8) is 0 Å². The second-order valence-electron chi connectivity index (χ2n) is 5.25. The van der Waals surface area contributed by atoms with E-state index in [0.29, 0.717) is 16.6 Å². The average Bonchev–Trinajstić information content (AvgIpc) is 2.43. The van der Waals surface area contributed by atoms with Crippen molar-refractivity contribution in [2.75, 3.05) is 10.6 Å². The van der Waals surface area contributed by atoms with Crippen molar-refractivity contribution >= 4 is 29.0 Å². The average molecular weight is 303 g/mol. The van der Waals surface area contributed by atoms with Gasteiger partial charge in [0, 0.05) is 5.69 Å². The zero-order chi connectivity index (χ0) is 15.4. The van der Waals surface area contributed by atoms with Gasteiger partial charge in [-0.2, -0.15) is 0 Å². The molecule has 0 spiro atoms. The monoisotopic (exact) mass is 302 g/mol. The van der Waals surface area contributed by atoms with Gasteiger partial charge in [0.15, 0.2) is 0 Å². The van der Waals surface area contributed by atoms with E-state index in [-0.39, 0.29) is 6.03 Å². The van der Waals surface area contributed by atoms with Crippen LogP contribution in [0.25, 0.3) is 0 Å². The smallest absolute Gasteiger partial charge is 0.307 e. The van der Waals surface area contributed by atoms with Crippen LogP contribution in [0.15, 0.2) is 42.5 Å². The molecule has 0 saturated heterocycles. The number of carbonyl (C=O) groups excluding carboxylic acids is 1. The van der Waals surface area contributed by atoms with E-state index in [1.165, 1.54) is 0 Å². The van der Waals surface area contributed by atoms with Crippen LogP contribution in [0.3, 0.4) is 0 Å². The summed E-state index contributed by atoms with van der Waals surface area (Å²) < 4.78 is 0. The molecule has 2 N–H and O–H groups in total. The van der Waals surface area contributed by atoms with Gasteiger partial charge in [0.2, 0.25) is 0 Å². The molecule has 0 bridgehead atoms. The third-order valence-electron chi connectivity index (χ3n) is 3.29. The third kappa shape index (κ3) is 3.76. The van der Waals surface area contributed by atoms with Gasteiger partial charge < -0.3 is 10.6 Å². The highest BCUT2D eigenvalue weighted by molar-refractivity contribution is 6.33. The fourth-order valence-electron chi connectivity index (χ4n) is 2.17. The van der Waals surface area contributed by atoms with E-state index in [1.807, 2.05) is 37.3 Å². The molecule has 0 saturated carbocycles. The van der Waals surface area contributed by atoms with Crippen molar-refractivity contribution in [1.82, 2.24) is 0 Å². The number of halogens is 1. The largest absolute Gasteiger partial charge is 0.323 e. The van der Waals surface area contributed by atoms with Gasteiger partial charge in [-0.25, -0.2) is 4.79 Å². The van der Waals surface area contributed by atoms with Gasteiger partial charge in [0.05, 0.1) is 10.7 Å². The van der Waals surface area contributed by atoms with Crippen LogP contribution in [0, 0.1) is 6.92 Å². The summed E-state index contributed by atoms with van der Waals surface area (Å²) in [5.41, 5.74) is 3.60. The normalized spacial score (nSPS) is 10.5. The van der Waals surface area contributed by atoms with Gasteiger partial charge in [-0.1, -0.05) is 55.8 Å². The van der Waals surface area contributed by atoms with E-state index in [0.717, 1.165) is 16.8 Å². The van der Waals surface area contributed by atoms with E-state index < -0.39 is 0 Å². The minimum atomic E-state index is -0.292. The first-order valence-electron chi connectivity index (χ1n) is 6.91. The number of para-hydroxylation sites is 2. The predicted octanol–water partition coefficient (Wildman–Crippen LogP) is 5.42. The molecule has 0 aliphatic heterocycles. The first-order chi connectivity index (χ1) is 9.99. The Kier molecular flexibility index (Phi) is 4.86. The summed E-state index contributed by atoms with van der Waals surface area (Å²) in [6.45, 7) is 6.19. The summed E-state index contributed by atoms with van der Waals surface area (Å²) in [6.07, 6.45) is 0. The second kappa shape index (κ2) is 6.64. The molecule has 2 aromatic carbocycles. The molecule has 0 radical (unpaired) electrons. The minimum Gasteiger partial charge on any atom is -0.307 e. The van der Waals surface area contributed by atoms with Crippen LogP contribution in [0.2, 0.25) is 5.02 Å². The SMILES string of the molecule is Cc1cccc(C(C)C)c1NC(=O)Nc1ccccc1Cl. The fraction of sp³-hybridized carbons (Fsp3) is 0.235. The van der Waals surface area contributed by atoms with Gasteiger partial charge in [0.25, 0.3) is 0 Å². The highest BCUT2D eigenvalue weighted by Gasteiger charge is 2.12. The molecule has 0 fully saturated rings. The van der Waals surface area contributed by atoms with Crippen molar-refractivity contribution in [2.24, 2.45) is 0 Å². The topological polar surface area (TPSA) is 41.1 Å². The number of carbonyl (C=O) groups is 1. The lowest BCUT2D eigenvalue weighted by Crippen LogP contribution is -2.21. The molecule has 0 aromatic heterocycles. The molecule has 4 heteroatoms. The number of anilines is 2. The fourth-order valence-corrected chi connectivity index (χ4v) is 2.35. The number of hydrogen-bond donors (Lipinski definition) is 2. The molecule has 2 rings (SSSR count). The number of aryl methyl sites for hydroxylation is 1. The first-order valence-corrected chi connectivity index (χ1v) is 7.29. The molecular formula is C17H19ClN2O. The zero-order valence-electron chi connectivity index (χ0n) is 12.4. The van der Waals surface area contributed by atoms with Gasteiger partial charge in [0.1, 0.15) is 0 Å². The van der Waals surface area contributed by atoms with Crippen LogP contribution in [-0.4, -0.2) is 6.03 Å². The second-order valence-corrected chi connectivity index (χ2v) is 5.66. The lowest BCUT2D eigenvalue weighted by molar-refractivity contribution is 0.262. The molecule has 3 nitrogen and oxygen atoms in total. The molecule has 2 aromatic rings. The lowest BCUT2D eigenvalue weighted by atomic mass is 9.98. The predicted molar refractivity (Wildman–Crippen MR) is 89.4 cm³/mol.